The molecule has 6 heteroatoms. The minimum atomic E-state index is -0.556. The average Bonchev–Trinajstić information content (AvgIpc) is 2.80. The van der Waals surface area contributed by atoms with Crippen LogP contribution in [-0.4, -0.2) is 18.0 Å². The summed E-state index contributed by atoms with van der Waals surface area (Å²) in [6.07, 6.45) is 1.09. The quantitative estimate of drug-likeness (QED) is 0.838. The first-order valence-corrected chi connectivity index (χ1v) is 7.31. The number of rotatable bonds is 5. The van der Waals surface area contributed by atoms with E-state index >= 15 is 0 Å². The normalized spacial score (nSPS) is 15.9. The van der Waals surface area contributed by atoms with E-state index in [4.69, 9.17) is 15.2 Å². The Bertz CT molecular complexity index is 456. The van der Waals surface area contributed by atoms with Crippen LogP contribution in [0.3, 0.4) is 0 Å². The Balaban J connectivity index is 0.00000200. The van der Waals surface area contributed by atoms with Gasteiger partial charge in [0.2, 0.25) is 6.79 Å². The fourth-order valence-corrected chi connectivity index (χ4v) is 2.67. The van der Waals surface area contributed by atoms with Crippen molar-refractivity contribution in [1.82, 2.24) is 0 Å². The van der Waals surface area contributed by atoms with Crippen LogP contribution in [0.5, 0.6) is 11.5 Å². The highest BCUT2D eigenvalue weighted by Crippen LogP contribution is 2.39. The molecule has 114 valence electrons. The van der Waals surface area contributed by atoms with Gasteiger partial charge in [0.15, 0.2) is 11.5 Å². The molecular formula is C14H21BrClNO3. The molecule has 4 nitrogen and oxygen atoms in total. The van der Waals surface area contributed by atoms with Crippen molar-refractivity contribution in [2.45, 2.75) is 38.8 Å². The molecule has 1 aromatic carbocycles. The van der Waals surface area contributed by atoms with Crippen molar-refractivity contribution < 1.29 is 14.6 Å². The Morgan fingerprint density at radius 3 is 2.45 bits per heavy atom. The number of halogens is 2. The molecule has 1 aliphatic rings. The molecule has 0 amide bonds. The lowest BCUT2D eigenvalue weighted by atomic mass is 9.96. The van der Waals surface area contributed by atoms with Crippen molar-refractivity contribution in [3.8, 4) is 11.5 Å². The second-order valence-electron chi connectivity index (χ2n) is 5.29. The molecule has 0 saturated carbocycles. The predicted molar refractivity (Wildman–Crippen MR) is 84.5 cm³/mol. The Hall–Kier alpha value is -0.490. The molecule has 20 heavy (non-hydrogen) atoms. The minimum Gasteiger partial charge on any atom is -0.454 e. The lowest BCUT2D eigenvalue weighted by molar-refractivity contribution is 0.128. The van der Waals surface area contributed by atoms with E-state index in [1.165, 1.54) is 0 Å². The van der Waals surface area contributed by atoms with Crippen molar-refractivity contribution in [3.05, 3.63) is 22.2 Å². The number of fused-ring (bicyclic) bond motifs is 1. The van der Waals surface area contributed by atoms with Gasteiger partial charge in [-0.25, -0.2) is 0 Å². The van der Waals surface area contributed by atoms with Gasteiger partial charge in [0.1, 0.15) is 0 Å². The van der Waals surface area contributed by atoms with Gasteiger partial charge in [-0.3, -0.25) is 0 Å². The van der Waals surface area contributed by atoms with Gasteiger partial charge in [-0.2, -0.15) is 0 Å². The maximum Gasteiger partial charge on any atom is 0.231 e. The summed E-state index contributed by atoms with van der Waals surface area (Å²) < 4.78 is 11.5. The maximum absolute atomic E-state index is 10.2. The van der Waals surface area contributed by atoms with Gasteiger partial charge in [0.25, 0.3) is 0 Å². The molecule has 1 heterocycles. The van der Waals surface area contributed by atoms with Crippen LogP contribution in [-0.2, 0) is 0 Å². The van der Waals surface area contributed by atoms with Gasteiger partial charge in [-0.15, -0.1) is 12.4 Å². The van der Waals surface area contributed by atoms with Crippen LogP contribution in [0, 0.1) is 5.92 Å². The average molecular weight is 367 g/mol. The van der Waals surface area contributed by atoms with E-state index in [0.29, 0.717) is 23.8 Å². The molecule has 0 aromatic heterocycles. The molecule has 2 atom stereocenters. The fourth-order valence-electron chi connectivity index (χ4n) is 2.08. The van der Waals surface area contributed by atoms with E-state index in [1.54, 1.807) is 0 Å². The third-order valence-electron chi connectivity index (χ3n) is 3.31. The molecule has 2 rings (SSSR count). The molecule has 0 radical (unpaired) electrons. The van der Waals surface area contributed by atoms with Crippen molar-refractivity contribution in [2.24, 2.45) is 11.7 Å². The SMILES string of the molecule is CC(C)CC[C@H](O)[C@H](N)c1cc2c(cc1Br)OCO2.Cl. The van der Waals surface area contributed by atoms with Crippen molar-refractivity contribution >= 4 is 28.3 Å². The number of hydrogen-bond donors (Lipinski definition) is 2. The number of ether oxygens (including phenoxy) is 2. The van der Waals surface area contributed by atoms with Gasteiger partial charge in [0, 0.05) is 4.47 Å². The smallest absolute Gasteiger partial charge is 0.231 e. The molecule has 0 spiro atoms. The van der Waals surface area contributed by atoms with E-state index in [9.17, 15) is 5.11 Å². The number of hydrogen-bond acceptors (Lipinski definition) is 4. The number of aliphatic hydroxyl groups is 1. The van der Waals surface area contributed by atoms with E-state index < -0.39 is 12.1 Å². The topological polar surface area (TPSA) is 64.7 Å². The Kier molecular flexibility index (Phi) is 6.58. The summed E-state index contributed by atoms with van der Waals surface area (Å²) in [6, 6.07) is 3.25. The fraction of sp³-hybridized carbons (Fsp3) is 0.571. The molecule has 0 fully saturated rings. The summed E-state index contributed by atoms with van der Waals surface area (Å²) in [5, 5.41) is 10.2. The zero-order valence-corrected chi connectivity index (χ0v) is 14.0. The van der Waals surface area contributed by atoms with Crippen LogP contribution in [0.4, 0.5) is 0 Å². The molecular weight excluding hydrogens is 346 g/mol. The molecule has 0 saturated heterocycles. The first-order valence-electron chi connectivity index (χ1n) is 6.51. The number of aliphatic hydroxyl groups excluding tert-OH is 1. The van der Waals surface area contributed by atoms with Crippen molar-refractivity contribution in [2.75, 3.05) is 6.79 Å². The second-order valence-corrected chi connectivity index (χ2v) is 6.15. The summed E-state index contributed by atoms with van der Waals surface area (Å²) in [6.45, 7) is 4.50. The largest absolute Gasteiger partial charge is 0.454 e. The monoisotopic (exact) mass is 365 g/mol. The Morgan fingerprint density at radius 2 is 1.85 bits per heavy atom. The second kappa shape index (κ2) is 7.50. The summed E-state index contributed by atoms with van der Waals surface area (Å²) in [5.74, 6) is 1.95. The summed E-state index contributed by atoms with van der Waals surface area (Å²) in [5.41, 5.74) is 6.99. The van der Waals surface area contributed by atoms with Gasteiger partial charge in [-0.1, -0.05) is 29.8 Å². The lowest BCUT2D eigenvalue weighted by Gasteiger charge is -2.21. The zero-order chi connectivity index (χ0) is 14.0. The van der Waals surface area contributed by atoms with Crippen molar-refractivity contribution in [3.63, 3.8) is 0 Å². The minimum absolute atomic E-state index is 0. The third kappa shape index (κ3) is 4.01. The molecule has 1 aromatic rings. The molecule has 1 aliphatic heterocycles. The van der Waals surface area contributed by atoms with Crippen LogP contribution in [0.15, 0.2) is 16.6 Å². The highest BCUT2D eigenvalue weighted by molar-refractivity contribution is 9.10. The van der Waals surface area contributed by atoms with Crippen molar-refractivity contribution in [1.29, 1.82) is 0 Å². The maximum atomic E-state index is 10.2. The first-order chi connectivity index (χ1) is 8.99. The van der Waals surface area contributed by atoms with Crippen LogP contribution in [0.2, 0.25) is 0 Å². The highest BCUT2D eigenvalue weighted by Gasteiger charge is 2.23. The highest BCUT2D eigenvalue weighted by atomic mass is 79.9. The predicted octanol–water partition coefficient (Wildman–Crippen LogP) is 3.40. The van der Waals surface area contributed by atoms with E-state index in [-0.39, 0.29) is 19.2 Å². The molecule has 0 unspecified atom stereocenters. The first kappa shape index (κ1) is 17.6. The summed E-state index contributed by atoms with van der Waals surface area (Å²) in [7, 11) is 0. The van der Waals surface area contributed by atoms with Crippen LogP contribution in [0.25, 0.3) is 0 Å². The Labute approximate surface area is 134 Å². The van der Waals surface area contributed by atoms with Gasteiger partial charge in [-0.05, 0) is 36.5 Å². The third-order valence-corrected chi connectivity index (χ3v) is 3.99. The Morgan fingerprint density at radius 1 is 1.25 bits per heavy atom. The number of nitrogens with two attached hydrogens (primary N) is 1. The zero-order valence-electron chi connectivity index (χ0n) is 11.6. The van der Waals surface area contributed by atoms with Crippen LogP contribution >= 0.6 is 28.3 Å². The molecule has 3 N–H and O–H groups in total. The van der Waals surface area contributed by atoms with Gasteiger partial charge < -0.3 is 20.3 Å². The van der Waals surface area contributed by atoms with E-state index in [1.807, 2.05) is 12.1 Å². The molecule has 0 bridgehead atoms. The number of benzene rings is 1. The van der Waals surface area contributed by atoms with Gasteiger partial charge >= 0.3 is 0 Å². The molecule has 0 aliphatic carbocycles. The van der Waals surface area contributed by atoms with Crippen LogP contribution in [0.1, 0.15) is 38.3 Å². The lowest BCUT2D eigenvalue weighted by Crippen LogP contribution is -2.26. The van der Waals surface area contributed by atoms with E-state index in [0.717, 1.165) is 16.5 Å². The van der Waals surface area contributed by atoms with Crippen LogP contribution < -0.4 is 15.2 Å². The summed E-state index contributed by atoms with van der Waals surface area (Å²) >= 11 is 3.47. The summed E-state index contributed by atoms with van der Waals surface area (Å²) in [4.78, 5) is 0. The van der Waals surface area contributed by atoms with Gasteiger partial charge in [0.05, 0.1) is 12.1 Å². The standard InChI is InChI=1S/C14H20BrNO3.ClH/c1-8(2)3-4-11(17)14(16)9-5-12-13(6-10(9)15)19-7-18-12;/h5-6,8,11,14,17H,3-4,7,16H2,1-2H3;1H/t11-,14+;/m0./s1. The van der Waals surface area contributed by atoms with E-state index in [2.05, 4.69) is 29.8 Å².